The third-order valence-electron chi connectivity index (χ3n) is 7.64. The van der Waals surface area contributed by atoms with Crippen molar-refractivity contribution in [1.29, 1.82) is 0 Å². The van der Waals surface area contributed by atoms with E-state index < -0.39 is 53.5 Å². The Morgan fingerprint density at radius 1 is 0.958 bits per heavy atom. The third-order valence-corrected chi connectivity index (χ3v) is 7.64. The van der Waals surface area contributed by atoms with Gasteiger partial charge in [-0.05, 0) is 61.7 Å². The van der Waals surface area contributed by atoms with Gasteiger partial charge >= 0.3 is 18.2 Å². The fourth-order valence-corrected chi connectivity index (χ4v) is 5.25. The lowest BCUT2D eigenvalue weighted by atomic mass is 9.90. The fraction of sp³-hybridized carbons (Fsp3) is 0.361. The van der Waals surface area contributed by atoms with Gasteiger partial charge in [-0.2, -0.15) is 0 Å². The second kappa shape index (κ2) is 15.0. The molecule has 3 aromatic carbocycles. The summed E-state index contributed by atoms with van der Waals surface area (Å²) in [7, 11) is 2.60. The number of aromatic hydroxyl groups is 1. The second-order valence-corrected chi connectivity index (χ2v) is 12.6. The average molecular weight is 661 g/mol. The molecular formula is C36H40N2O10. The normalized spacial score (nSPS) is 18.1. The number of fused-ring (bicyclic) bond motifs is 5. The van der Waals surface area contributed by atoms with E-state index in [0.29, 0.717) is 11.1 Å². The van der Waals surface area contributed by atoms with Crippen molar-refractivity contribution < 1.29 is 48.0 Å². The maximum Gasteiger partial charge on any atom is 0.514 e. The van der Waals surface area contributed by atoms with Gasteiger partial charge in [0.05, 0.1) is 7.11 Å². The highest BCUT2D eigenvalue weighted by atomic mass is 16.7. The Morgan fingerprint density at radius 2 is 1.67 bits per heavy atom. The standard InChI is InChI=1S/C36H40N2O10/c1-21-16-29(40)31(38(5)34(43)46-20-22-10-8-7-9-11-22)24-13-15-30(47-35(44)48-36(2,3)4)26(19-24)25-17-23(12-14-28(25)39)18-27(33(42)45-6)37-32(21)41/h7-15,17,19,21,27,31,39H,16,18,20H2,1-6H3,(H,37,41)/t21-,27+,31+/m1/s1. The summed E-state index contributed by atoms with van der Waals surface area (Å²) >= 11 is 0. The molecule has 12 nitrogen and oxygen atoms in total. The van der Waals surface area contributed by atoms with Crippen molar-refractivity contribution in [2.24, 2.45) is 5.92 Å². The van der Waals surface area contributed by atoms with E-state index in [9.17, 15) is 29.1 Å². The molecule has 0 spiro atoms. The smallest absolute Gasteiger partial charge is 0.507 e. The van der Waals surface area contributed by atoms with Crippen LogP contribution in [0.15, 0.2) is 66.7 Å². The van der Waals surface area contributed by atoms with Crippen LogP contribution < -0.4 is 10.1 Å². The number of nitrogens with zero attached hydrogens (tertiary/aromatic N) is 1. The number of Topliss-reactive ketones (excluding diaryl/α,β-unsaturated/α-hetero) is 1. The van der Waals surface area contributed by atoms with Gasteiger partial charge in [0, 0.05) is 36.9 Å². The molecule has 0 aromatic heterocycles. The molecule has 254 valence electrons. The van der Waals surface area contributed by atoms with Gasteiger partial charge in [-0.15, -0.1) is 0 Å². The zero-order valence-electron chi connectivity index (χ0n) is 27.8. The van der Waals surface area contributed by atoms with Gasteiger partial charge in [0.1, 0.15) is 35.8 Å². The van der Waals surface area contributed by atoms with Crippen molar-refractivity contribution in [3.8, 4) is 22.6 Å². The molecule has 0 fully saturated rings. The van der Waals surface area contributed by atoms with Crippen molar-refractivity contribution in [2.75, 3.05) is 14.2 Å². The third kappa shape index (κ3) is 8.90. The van der Waals surface area contributed by atoms with E-state index in [1.165, 1.54) is 38.4 Å². The molecule has 3 aromatic rings. The van der Waals surface area contributed by atoms with Gasteiger partial charge in [-0.25, -0.2) is 14.4 Å². The summed E-state index contributed by atoms with van der Waals surface area (Å²) in [6.07, 6.45) is -2.12. The molecule has 0 unspecified atom stereocenters. The molecule has 0 aliphatic carbocycles. The lowest BCUT2D eigenvalue weighted by Gasteiger charge is -2.29. The summed E-state index contributed by atoms with van der Waals surface area (Å²) in [5, 5.41) is 13.7. The number of phenolic OH excluding ortho intramolecular Hbond substituents is 1. The van der Waals surface area contributed by atoms with E-state index in [0.717, 1.165) is 10.5 Å². The molecule has 1 aliphatic heterocycles. The number of ketones is 1. The number of benzene rings is 3. The number of phenols is 1. The van der Waals surface area contributed by atoms with Crippen molar-refractivity contribution >= 4 is 29.9 Å². The fourth-order valence-electron chi connectivity index (χ4n) is 5.25. The highest BCUT2D eigenvalue weighted by molar-refractivity contribution is 5.94. The van der Waals surface area contributed by atoms with Crippen LogP contribution in [0.4, 0.5) is 9.59 Å². The molecule has 0 saturated heterocycles. The summed E-state index contributed by atoms with van der Waals surface area (Å²) in [5.74, 6) is -2.88. The maximum absolute atomic E-state index is 14.0. The van der Waals surface area contributed by atoms with Crippen molar-refractivity contribution in [1.82, 2.24) is 10.2 Å². The van der Waals surface area contributed by atoms with Crippen LogP contribution in [-0.4, -0.2) is 65.7 Å². The first-order valence-electron chi connectivity index (χ1n) is 15.4. The zero-order chi connectivity index (χ0) is 35.2. The van der Waals surface area contributed by atoms with Gasteiger partial charge in [0.2, 0.25) is 5.91 Å². The number of amides is 2. The van der Waals surface area contributed by atoms with Gasteiger partial charge in [0.25, 0.3) is 0 Å². The van der Waals surface area contributed by atoms with E-state index >= 15 is 0 Å². The Labute approximate surface area is 278 Å². The minimum Gasteiger partial charge on any atom is -0.507 e. The molecule has 4 bridgehead atoms. The number of carbonyl (C=O) groups excluding carboxylic acids is 5. The maximum atomic E-state index is 14.0. The summed E-state index contributed by atoms with van der Waals surface area (Å²) in [6, 6.07) is 15.7. The Kier molecular flexibility index (Phi) is 11.1. The Morgan fingerprint density at radius 3 is 2.33 bits per heavy atom. The molecule has 2 amide bonds. The van der Waals surface area contributed by atoms with Crippen LogP contribution in [0.2, 0.25) is 0 Å². The summed E-state index contributed by atoms with van der Waals surface area (Å²) in [6.45, 7) is 6.53. The molecule has 1 aliphatic rings. The van der Waals surface area contributed by atoms with Gasteiger partial charge in [0.15, 0.2) is 5.78 Å². The van der Waals surface area contributed by atoms with Crippen molar-refractivity contribution in [3.05, 3.63) is 83.4 Å². The van der Waals surface area contributed by atoms with Crippen LogP contribution in [0.5, 0.6) is 11.5 Å². The number of esters is 1. The quantitative estimate of drug-likeness (QED) is 0.204. The highest BCUT2D eigenvalue weighted by Crippen LogP contribution is 2.40. The van der Waals surface area contributed by atoms with Crippen LogP contribution in [0.25, 0.3) is 11.1 Å². The first-order chi connectivity index (χ1) is 22.7. The summed E-state index contributed by atoms with van der Waals surface area (Å²) < 4.78 is 21.4. The van der Waals surface area contributed by atoms with Crippen LogP contribution in [-0.2, 0) is 41.6 Å². The van der Waals surface area contributed by atoms with Crippen LogP contribution >= 0.6 is 0 Å². The second-order valence-electron chi connectivity index (χ2n) is 12.6. The average Bonchev–Trinajstić information content (AvgIpc) is 3.03. The summed E-state index contributed by atoms with van der Waals surface area (Å²) in [5.41, 5.74) is 1.10. The van der Waals surface area contributed by atoms with Crippen molar-refractivity contribution in [3.63, 3.8) is 0 Å². The van der Waals surface area contributed by atoms with Gasteiger partial charge in [-0.1, -0.05) is 49.4 Å². The first-order valence-corrected chi connectivity index (χ1v) is 15.4. The molecular weight excluding hydrogens is 620 g/mol. The molecule has 0 radical (unpaired) electrons. The lowest BCUT2D eigenvalue weighted by Crippen LogP contribution is -2.46. The van der Waals surface area contributed by atoms with E-state index in [1.807, 2.05) is 6.07 Å². The number of ether oxygens (including phenoxy) is 4. The number of rotatable bonds is 5. The van der Waals surface area contributed by atoms with Crippen LogP contribution in [0.1, 0.15) is 56.8 Å². The molecule has 4 rings (SSSR count). The van der Waals surface area contributed by atoms with E-state index in [2.05, 4.69) is 5.32 Å². The SMILES string of the molecule is COC(=O)[C@@H]1Cc2ccc(O)c(c2)-c2cc(ccc2OC(=O)OC(C)(C)C)[C@H](N(C)C(=O)OCc2ccccc2)C(=O)C[C@@H](C)C(=O)N1. The Balaban J connectivity index is 1.86. The van der Waals surface area contributed by atoms with Crippen LogP contribution in [0.3, 0.4) is 0 Å². The van der Waals surface area contributed by atoms with E-state index in [1.54, 1.807) is 64.1 Å². The predicted molar refractivity (Wildman–Crippen MR) is 174 cm³/mol. The highest BCUT2D eigenvalue weighted by Gasteiger charge is 2.34. The summed E-state index contributed by atoms with van der Waals surface area (Å²) in [4.78, 5) is 67.3. The first kappa shape index (κ1) is 35.5. The lowest BCUT2D eigenvalue weighted by molar-refractivity contribution is -0.145. The Bertz CT molecular complexity index is 1680. The predicted octanol–water partition coefficient (Wildman–Crippen LogP) is 5.49. The van der Waals surface area contributed by atoms with E-state index in [-0.39, 0.29) is 42.1 Å². The van der Waals surface area contributed by atoms with Crippen molar-refractivity contribution in [2.45, 2.75) is 64.8 Å². The molecule has 2 N–H and O–H groups in total. The molecule has 12 heteroatoms. The largest absolute Gasteiger partial charge is 0.514 e. The number of methoxy groups -OCH3 is 1. The molecule has 0 saturated carbocycles. The topological polar surface area (TPSA) is 158 Å². The zero-order valence-corrected chi connectivity index (χ0v) is 27.8. The minimum atomic E-state index is -1.26. The van der Waals surface area contributed by atoms with Crippen LogP contribution in [0, 0.1) is 5.92 Å². The molecule has 3 atom stereocenters. The number of likely N-dealkylation sites (N-methyl/N-ethyl adjacent to an activating group) is 1. The number of carbonyl (C=O) groups is 5. The van der Waals surface area contributed by atoms with Gasteiger partial charge < -0.3 is 29.4 Å². The van der Waals surface area contributed by atoms with E-state index in [4.69, 9.17) is 18.9 Å². The number of hydrogen-bond donors (Lipinski definition) is 2. The number of nitrogens with one attached hydrogen (secondary N) is 1. The van der Waals surface area contributed by atoms with Gasteiger partial charge in [-0.3, -0.25) is 14.5 Å². The number of hydrogen-bond acceptors (Lipinski definition) is 10. The monoisotopic (exact) mass is 660 g/mol. The molecule has 48 heavy (non-hydrogen) atoms. The minimum absolute atomic E-state index is 0.000705. The molecule has 1 heterocycles. The Hall–Kier alpha value is -5.39.